The molecule has 0 aromatic carbocycles. The molecular weight excluding hydrogens is 350 g/mol. The summed E-state index contributed by atoms with van der Waals surface area (Å²) in [6.07, 6.45) is 5.36. The van der Waals surface area contributed by atoms with E-state index in [1.54, 1.807) is 23.1 Å². The lowest BCUT2D eigenvalue weighted by Gasteiger charge is -2.07. The molecule has 0 aliphatic rings. The van der Waals surface area contributed by atoms with Crippen LogP contribution < -0.4 is 5.32 Å². The standard InChI is InChI=1S/C18H15N5O2S/c1-23-11-13(10-21-23)17-12(4-2-6-19-17)9-20-18(24)14-8-15(25-22-14)16-5-3-7-26-16/h2-8,10-11H,9H2,1H3,(H,20,24). The van der Waals surface area contributed by atoms with E-state index in [9.17, 15) is 4.79 Å². The van der Waals surface area contributed by atoms with Gasteiger partial charge in [0.25, 0.3) is 5.91 Å². The van der Waals surface area contributed by atoms with Crippen LogP contribution >= 0.6 is 11.3 Å². The number of pyridine rings is 1. The van der Waals surface area contributed by atoms with Gasteiger partial charge in [-0.25, -0.2) is 0 Å². The molecule has 0 aliphatic heterocycles. The highest BCUT2D eigenvalue weighted by molar-refractivity contribution is 7.13. The van der Waals surface area contributed by atoms with Gasteiger partial charge in [-0.1, -0.05) is 17.3 Å². The van der Waals surface area contributed by atoms with Crippen LogP contribution in [0, 0.1) is 0 Å². The molecule has 4 aromatic rings. The number of hydrogen-bond donors (Lipinski definition) is 1. The number of amides is 1. The molecule has 0 bridgehead atoms. The first-order chi connectivity index (χ1) is 12.7. The number of nitrogens with one attached hydrogen (secondary N) is 1. The van der Waals surface area contributed by atoms with Crippen LogP contribution in [0.4, 0.5) is 0 Å². The fourth-order valence-corrected chi connectivity index (χ4v) is 3.24. The highest BCUT2D eigenvalue weighted by atomic mass is 32.1. The molecule has 4 rings (SSSR count). The second kappa shape index (κ2) is 6.93. The minimum absolute atomic E-state index is 0.250. The lowest BCUT2D eigenvalue weighted by Crippen LogP contribution is -2.23. The molecule has 0 unspecified atom stereocenters. The molecule has 0 atom stereocenters. The summed E-state index contributed by atoms with van der Waals surface area (Å²) in [6, 6.07) is 9.25. The molecule has 8 heteroatoms. The Kier molecular flexibility index (Phi) is 4.32. The molecule has 4 aromatic heterocycles. The van der Waals surface area contributed by atoms with Crippen LogP contribution in [0.3, 0.4) is 0 Å². The highest BCUT2D eigenvalue weighted by Crippen LogP contribution is 2.25. The van der Waals surface area contributed by atoms with E-state index in [1.807, 2.05) is 42.9 Å². The third-order valence-corrected chi connectivity index (χ3v) is 4.70. The Bertz CT molecular complexity index is 1040. The SMILES string of the molecule is Cn1cc(-c2ncccc2CNC(=O)c2cc(-c3cccs3)on2)cn1. The zero-order valence-corrected chi connectivity index (χ0v) is 14.7. The molecule has 0 fully saturated rings. The number of aromatic nitrogens is 4. The Morgan fingerprint density at radius 2 is 2.27 bits per heavy atom. The number of hydrogen-bond acceptors (Lipinski definition) is 6. The molecule has 1 N–H and O–H groups in total. The lowest BCUT2D eigenvalue weighted by molar-refractivity contribution is 0.0942. The summed E-state index contributed by atoms with van der Waals surface area (Å²) in [4.78, 5) is 17.7. The van der Waals surface area contributed by atoms with E-state index in [-0.39, 0.29) is 11.6 Å². The van der Waals surface area contributed by atoms with Gasteiger partial charge in [-0.2, -0.15) is 5.10 Å². The summed E-state index contributed by atoms with van der Waals surface area (Å²) in [5, 5.41) is 12.8. The fourth-order valence-electron chi connectivity index (χ4n) is 2.57. The molecule has 130 valence electrons. The van der Waals surface area contributed by atoms with Crippen molar-refractivity contribution < 1.29 is 9.32 Å². The van der Waals surface area contributed by atoms with Gasteiger partial charge >= 0.3 is 0 Å². The van der Waals surface area contributed by atoms with Crippen molar-refractivity contribution in [3.8, 4) is 21.9 Å². The normalized spacial score (nSPS) is 10.8. The number of carbonyl (C=O) groups is 1. The number of rotatable bonds is 5. The van der Waals surface area contributed by atoms with Gasteiger partial charge in [0.2, 0.25) is 0 Å². The molecule has 26 heavy (non-hydrogen) atoms. The number of aryl methyl sites for hydroxylation is 1. The van der Waals surface area contributed by atoms with E-state index < -0.39 is 0 Å². The summed E-state index contributed by atoms with van der Waals surface area (Å²) >= 11 is 1.53. The van der Waals surface area contributed by atoms with Gasteiger partial charge in [0.15, 0.2) is 11.5 Å². The first-order valence-electron chi connectivity index (χ1n) is 7.92. The average Bonchev–Trinajstić information content (AvgIpc) is 3.40. The maximum atomic E-state index is 12.4. The van der Waals surface area contributed by atoms with Gasteiger partial charge in [-0.15, -0.1) is 11.3 Å². The van der Waals surface area contributed by atoms with Crippen molar-refractivity contribution in [3.63, 3.8) is 0 Å². The molecule has 0 radical (unpaired) electrons. The molecule has 4 heterocycles. The number of nitrogens with zero attached hydrogens (tertiary/aromatic N) is 4. The molecule has 7 nitrogen and oxygen atoms in total. The van der Waals surface area contributed by atoms with Gasteiger partial charge in [0.05, 0.1) is 16.8 Å². The number of thiophene rings is 1. The van der Waals surface area contributed by atoms with E-state index in [1.165, 1.54) is 11.3 Å². The zero-order valence-electron chi connectivity index (χ0n) is 13.9. The minimum atomic E-state index is -0.294. The Morgan fingerprint density at radius 1 is 1.35 bits per heavy atom. The predicted molar refractivity (Wildman–Crippen MR) is 97.4 cm³/mol. The second-order valence-corrected chi connectivity index (χ2v) is 6.60. The monoisotopic (exact) mass is 365 g/mol. The fraction of sp³-hybridized carbons (Fsp3) is 0.111. The van der Waals surface area contributed by atoms with Crippen LogP contribution in [-0.4, -0.2) is 25.8 Å². The van der Waals surface area contributed by atoms with E-state index in [0.29, 0.717) is 12.3 Å². The molecule has 0 spiro atoms. The topological polar surface area (TPSA) is 85.8 Å². The average molecular weight is 365 g/mol. The van der Waals surface area contributed by atoms with Crippen molar-refractivity contribution in [2.45, 2.75) is 6.54 Å². The van der Waals surface area contributed by atoms with Crippen LogP contribution in [0.1, 0.15) is 16.1 Å². The second-order valence-electron chi connectivity index (χ2n) is 5.65. The highest BCUT2D eigenvalue weighted by Gasteiger charge is 2.15. The largest absolute Gasteiger partial charge is 0.355 e. The quantitative estimate of drug-likeness (QED) is 0.587. The van der Waals surface area contributed by atoms with Crippen molar-refractivity contribution in [1.82, 2.24) is 25.2 Å². The van der Waals surface area contributed by atoms with Crippen LogP contribution in [0.25, 0.3) is 21.9 Å². The smallest absolute Gasteiger partial charge is 0.273 e. The maximum absolute atomic E-state index is 12.4. The van der Waals surface area contributed by atoms with Crippen LogP contribution in [0.5, 0.6) is 0 Å². The third-order valence-electron chi connectivity index (χ3n) is 3.82. The van der Waals surface area contributed by atoms with Gasteiger partial charge < -0.3 is 9.84 Å². The zero-order chi connectivity index (χ0) is 17.9. The Balaban J connectivity index is 1.49. The van der Waals surface area contributed by atoms with Gasteiger partial charge in [-0.3, -0.25) is 14.5 Å². The van der Waals surface area contributed by atoms with Crippen molar-refractivity contribution in [2.75, 3.05) is 0 Å². The Labute approximate surface area is 153 Å². The maximum Gasteiger partial charge on any atom is 0.273 e. The Hall–Kier alpha value is -3.26. The summed E-state index contributed by atoms with van der Waals surface area (Å²) in [6.45, 7) is 0.331. The van der Waals surface area contributed by atoms with Crippen molar-refractivity contribution in [1.29, 1.82) is 0 Å². The van der Waals surface area contributed by atoms with E-state index in [0.717, 1.165) is 21.7 Å². The van der Waals surface area contributed by atoms with Crippen molar-refractivity contribution >= 4 is 17.2 Å². The van der Waals surface area contributed by atoms with Crippen LogP contribution in [-0.2, 0) is 13.6 Å². The summed E-state index contributed by atoms with van der Waals surface area (Å²) < 4.78 is 6.97. The predicted octanol–water partition coefficient (Wildman–Crippen LogP) is 3.13. The minimum Gasteiger partial charge on any atom is -0.355 e. The number of carbonyl (C=O) groups excluding carboxylic acids is 1. The van der Waals surface area contributed by atoms with Crippen molar-refractivity contribution in [3.05, 3.63) is 65.6 Å². The first kappa shape index (κ1) is 16.2. The molecular formula is C18H15N5O2S. The summed E-state index contributed by atoms with van der Waals surface area (Å²) in [7, 11) is 1.85. The lowest BCUT2D eigenvalue weighted by atomic mass is 10.1. The summed E-state index contributed by atoms with van der Waals surface area (Å²) in [5.74, 6) is 0.292. The van der Waals surface area contributed by atoms with Crippen LogP contribution in [0.15, 0.2) is 58.8 Å². The van der Waals surface area contributed by atoms with E-state index in [4.69, 9.17) is 4.52 Å². The van der Waals surface area contributed by atoms with Gasteiger partial charge in [-0.05, 0) is 23.1 Å². The van der Waals surface area contributed by atoms with Gasteiger partial charge in [0.1, 0.15) is 0 Å². The Morgan fingerprint density at radius 3 is 3.04 bits per heavy atom. The van der Waals surface area contributed by atoms with Crippen molar-refractivity contribution in [2.24, 2.45) is 7.05 Å². The first-order valence-corrected chi connectivity index (χ1v) is 8.80. The summed E-state index contributed by atoms with van der Waals surface area (Å²) in [5.41, 5.74) is 2.84. The molecule has 0 saturated heterocycles. The molecule has 0 saturated carbocycles. The molecule has 1 amide bonds. The van der Waals surface area contributed by atoms with E-state index in [2.05, 4.69) is 20.6 Å². The van der Waals surface area contributed by atoms with E-state index >= 15 is 0 Å². The van der Waals surface area contributed by atoms with Gasteiger partial charge in [0, 0.05) is 37.6 Å². The molecule has 0 aliphatic carbocycles. The van der Waals surface area contributed by atoms with Crippen LogP contribution in [0.2, 0.25) is 0 Å². The third kappa shape index (κ3) is 3.27.